The predicted molar refractivity (Wildman–Crippen MR) is 78.9 cm³/mol. The molecule has 114 valence electrons. The number of carbonyl (C=O) groups is 1. The third-order valence-corrected chi connectivity index (χ3v) is 5.20. The lowest BCUT2D eigenvalue weighted by Gasteiger charge is -2.35. The number of hydrogen-bond acceptors (Lipinski definition) is 3. The lowest BCUT2D eigenvalue weighted by atomic mass is 10.1. The molecule has 1 amide bonds. The lowest BCUT2D eigenvalue weighted by molar-refractivity contribution is -0.132. The van der Waals surface area contributed by atoms with Gasteiger partial charge in [0.2, 0.25) is 5.91 Å². The molecule has 0 aromatic heterocycles. The van der Waals surface area contributed by atoms with Gasteiger partial charge in [-0.05, 0) is 49.0 Å². The van der Waals surface area contributed by atoms with Gasteiger partial charge in [0.15, 0.2) is 11.6 Å². The molecule has 0 saturated carbocycles. The second kappa shape index (κ2) is 5.93. The molecule has 2 aliphatic heterocycles. The maximum absolute atomic E-state index is 13.5. The summed E-state index contributed by atoms with van der Waals surface area (Å²) in [7, 11) is 0. The van der Waals surface area contributed by atoms with E-state index in [-0.39, 0.29) is 24.2 Å². The number of halogens is 2. The van der Waals surface area contributed by atoms with E-state index in [0.717, 1.165) is 30.4 Å². The Morgan fingerprint density at radius 3 is 2.62 bits per heavy atom. The molecule has 1 aromatic carbocycles. The predicted octanol–water partition coefficient (Wildman–Crippen LogP) is 2.68. The second-order valence-electron chi connectivity index (χ2n) is 5.55. The van der Waals surface area contributed by atoms with Gasteiger partial charge in [0.25, 0.3) is 0 Å². The van der Waals surface area contributed by atoms with Gasteiger partial charge in [0.05, 0.1) is 6.04 Å². The quantitative estimate of drug-likeness (QED) is 0.911. The largest absolute Gasteiger partial charge is 0.319 e. The molecule has 3 nitrogen and oxygen atoms in total. The Bertz CT molecular complexity index is 548. The molecule has 0 spiro atoms. The van der Waals surface area contributed by atoms with Gasteiger partial charge in [-0.25, -0.2) is 8.78 Å². The molecule has 0 radical (unpaired) electrons. The number of carbonyl (C=O) groups excluding carboxylic acids is 1. The molecule has 3 rings (SSSR count). The molecule has 2 heterocycles. The highest BCUT2D eigenvalue weighted by molar-refractivity contribution is 7.99. The summed E-state index contributed by atoms with van der Waals surface area (Å²) < 4.78 is 26.6. The molecule has 2 unspecified atom stereocenters. The number of amides is 1. The molecule has 2 atom stereocenters. The van der Waals surface area contributed by atoms with Crippen LogP contribution in [-0.2, 0) is 4.79 Å². The summed E-state index contributed by atoms with van der Waals surface area (Å²) in [5.74, 6) is 0.375. The van der Waals surface area contributed by atoms with E-state index >= 15 is 0 Å². The maximum Gasteiger partial charge on any atom is 0.241 e. The second-order valence-corrected chi connectivity index (χ2v) is 6.78. The summed E-state index contributed by atoms with van der Waals surface area (Å²) >= 11 is 1.89. The molecule has 2 fully saturated rings. The molecule has 2 aliphatic rings. The maximum atomic E-state index is 13.5. The van der Waals surface area contributed by atoms with Gasteiger partial charge >= 0.3 is 0 Å². The topological polar surface area (TPSA) is 32.3 Å². The monoisotopic (exact) mass is 312 g/mol. The average molecular weight is 312 g/mol. The molecule has 21 heavy (non-hydrogen) atoms. The van der Waals surface area contributed by atoms with E-state index in [4.69, 9.17) is 0 Å². The standard InChI is InChI=1S/C15H18F2N2OS/c1-9-15(20)19(11-4-6-21-7-5-11)14(18-9)10-2-3-12(16)13(17)8-10/h2-3,8-9,11,14,18H,4-7H2,1H3. The van der Waals surface area contributed by atoms with Crippen molar-refractivity contribution in [3.05, 3.63) is 35.4 Å². The van der Waals surface area contributed by atoms with Gasteiger partial charge in [-0.15, -0.1) is 0 Å². The van der Waals surface area contributed by atoms with Crippen molar-refractivity contribution in [1.82, 2.24) is 10.2 Å². The van der Waals surface area contributed by atoms with E-state index in [2.05, 4.69) is 5.32 Å². The minimum Gasteiger partial charge on any atom is -0.319 e. The summed E-state index contributed by atoms with van der Waals surface area (Å²) in [6.45, 7) is 1.81. The van der Waals surface area contributed by atoms with E-state index in [0.29, 0.717) is 5.56 Å². The summed E-state index contributed by atoms with van der Waals surface area (Å²) in [5.41, 5.74) is 0.602. The zero-order valence-electron chi connectivity index (χ0n) is 11.8. The van der Waals surface area contributed by atoms with Crippen molar-refractivity contribution in [3.63, 3.8) is 0 Å². The van der Waals surface area contributed by atoms with Gasteiger partial charge in [-0.2, -0.15) is 11.8 Å². The number of nitrogens with one attached hydrogen (secondary N) is 1. The number of hydrogen-bond donors (Lipinski definition) is 1. The van der Waals surface area contributed by atoms with Crippen molar-refractivity contribution in [2.75, 3.05) is 11.5 Å². The summed E-state index contributed by atoms with van der Waals surface area (Å²) in [5, 5.41) is 3.19. The van der Waals surface area contributed by atoms with Crippen LogP contribution in [0.2, 0.25) is 0 Å². The van der Waals surface area contributed by atoms with Crippen molar-refractivity contribution in [2.24, 2.45) is 0 Å². The third kappa shape index (κ3) is 2.79. The number of benzene rings is 1. The van der Waals surface area contributed by atoms with Crippen LogP contribution in [0.25, 0.3) is 0 Å². The van der Waals surface area contributed by atoms with Gasteiger partial charge in [0, 0.05) is 6.04 Å². The van der Waals surface area contributed by atoms with Crippen LogP contribution >= 0.6 is 11.8 Å². The molecule has 1 aromatic rings. The Kier molecular flexibility index (Phi) is 4.17. The van der Waals surface area contributed by atoms with Crippen LogP contribution in [0.1, 0.15) is 31.5 Å². The van der Waals surface area contributed by atoms with Crippen molar-refractivity contribution < 1.29 is 13.6 Å². The van der Waals surface area contributed by atoms with E-state index in [9.17, 15) is 13.6 Å². The Labute approximate surface area is 127 Å². The lowest BCUT2D eigenvalue weighted by Crippen LogP contribution is -2.42. The Balaban J connectivity index is 1.90. The Hall–Kier alpha value is -1.14. The van der Waals surface area contributed by atoms with Crippen molar-refractivity contribution >= 4 is 17.7 Å². The van der Waals surface area contributed by atoms with Crippen LogP contribution in [0.15, 0.2) is 18.2 Å². The first-order valence-corrected chi connectivity index (χ1v) is 8.34. The van der Waals surface area contributed by atoms with Gasteiger partial charge in [-0.1, -0.05) is 6.07 Å². The average Bonchev–Trinajstić information content (AvgIpc) is 2.79. The first-order valence-electron chi connectivity index (χ1n) is 7.19. The van der Waals surface area contributed by atoms with Crippen LogP contribution in [0.4, 0.5) is 8.78 Å². The highest BCUT2D eigenvalue weighted by atomic mass is 32.2. The van der Waals surface area contributed by atoms with Crippen LogP contribution in [0.3, 0.4) is 0 Å². The zero-order valence-corrected chi connectivity index (χ0v) is 12.6. The van der Waals surface area contributed by atoms with E-state index in [1.165, 1.54) is 6.07 Å². The van der Waals surface area contributed by atoms with E-state index < -0.39 is 11.6 Å². The normalized spacial score (nSPS) is 27.4. The molecule has 6 heteroatoms. The summed E-state index contributed by atoms with van der Waals surface area (Å²) in [4.78, 5) is 14.3. The molecule has 1 N–H and O–H groups in total. The van der Waals surface area contributed by atoms with Crippen LogP contribution in [-0.4, -0.2) is 34.4 Å². The first-order chi connectivity index (χ1) is 10.1. The molecule has 0 bridgehead atoms. The third-order valence-electron chi connectivity index (χ3n) is 4.15. The highest BCUT2D eigenvalue weighted by Gasteiger charge is 2.41. The fourth-order valence-electron chi connectivity index (χ4n) is 3.03. The van der Waals surface area contributed by atoms with Gasteiger partial charge in [0.1, 0.15) is 6.17 Å². The Morgan fingerprint density at radius 1 is 1.24 bits per heavy atom. The first kappa shape index (κ1) is 14.8. The number of nitrogens with zero attached hydrogens (tertiary/aromatic N) is 1. The minimum atomic E-state index is -0.875. The smallest absolute Gasteiger partial charge is 0.241 e. The fraction of sp³-hybridized carbons (Fsp3) is 0.533. The van der Waals surface area contributed by atoms with Crippen molar-refractivity contribution in [2.45, 2.75) is 38.0 Å². The van der Waals surface area contributed by atoms with E-state index in [1.807, 2.05) is 23.6 Å². The molecule has 2 saturated heterocycles. The van der Waals surface area contributed by atoms with Gasteiger partial charge < -0.3 is 4.90 Å². The van der Waals surface area contributed by atoms with Crippen molar-refractivity contribution in [1.29, 1.82) is 0 Å². The number of thioether (sulfide) groups is 1. The number of rotatable bonds is 2. The van der Waals surface area contributed by atoms with Crippen molar-refractivity contribution in [3.8, 4) is 0 Å². The summed E-state index contributed by atoms with van der Waals surface area (Å²) in [6, 6.07) is 3.73. The fourth-order valence-corrected chi connectivity index (χ4v) is 4.11. The van der Waals surface area contributed by atoms with Crippen LogP contribution in [0, 0.1) is 11.6 Å². The zero-order chi connectivity index (χ0) is 15.0. The molecular formula is C15H18F2N2OS. The summed E-state index contributed by atoms with van der Waals surface area (Å²) in [6.07, 6.45) is 1.53. The highest BCUT2D eigenvalue weighted by Crippen LogP contribution is 2.33. The Morgan fingerprint density at radius 2 is 1.95 bits per heavy atom. The van der Waals surface area contributed by atoms with Crippen LogP contribution < -0.4 is 5.32 Å². The molecular weight excluding hydrogens is 294 g/mol. The van der Waals surface area contributed by atoms with Crippen LogP contribution in [0.5, 0.6) is 0 Å². The molecule has 0 aliphatic carbocycles. The SMILES string of the molecule is CC1NC(c2ccc(F)c(F)c2)N(C2CCSCC2)C1=O. The van der Waals surface area contributed by atoms with Gasteiger partial charge in [-0.3, -0.25) is 10.1 Å². The minimum absolute atomic E-state index is 0.0432. The van der Waals surface area contributed by atoms with E-state index in [1.54, 1.807) is 6.07 Å².